The third kappa shape index (κ3) is 4.86. The zero-order chi connectivity index (χ0) is 39.9. The molecule has 3 aromatic carbocycles. The average Bonchev–Trinajstić information content (AvgIpc) is 3.93. The molecule has 6 aliphatic rings. The smallest absolute Gasteiger partial charge is 0.331 e. The molecule has 0 aliphatic carbocycles. The van der Waals surface area contributed by atoms with Crippen LogP contribution in [0.5, 0.6) is 34.5 Å². The molecular weight excluding hydrogens is 755 g/mol. The molecule has 0 spiro atoms. The number of phenols is 1. The SMILES string of the molecule is COc1ccc2oc3c(c2c1)CCN[C@H]3C(=O)OC[C@H]1c2c3c(c(C)c(OC(C)=O)c2[C@@H](SC)C2[C@H]4c5c(cc(C)c(OC)c5O)[C@@]5(C)CC(O)(CN45)N21)OCO3. The molecule has 7 heterocycles. The van der Waals surface area contributed by atoms with Crippen LogP contribution in [0.15, 0.2) is 28.7 Å². The Labute approximate surface area is 333 Å². The van der Waals surface area contributed by atoms with Gasteiger partial charge in [-0.25, -0.2) is 4.79 Å². The molecule has 57 heavy (non-hydrogen) atoms. The highest BCUT2D eigenvalue weighted by molar-refractivity contribution is 7.98. The van der Waals surface area contributed by atoms with E-state index < -0.39 is 52.6 Å². The molecule has 10 rings (SSSR count). The highest BCUT2D eigenvalue weighted by Gasteiger charge is 2.71. The number of nitrogens with one attached hydrogen (secondary N) is 1. The maximum atomic E-state index is 14.4. The van der Waals surface area contributed by atoms with Gasteiger partial charge in [0.15, 0.2) is 29.0 Å². The van der Waals surface area contributed by atoms with Crippen molar-refractivity contribution in [2.24, 2.45) is 0 Å². The number of fused-ring (bicyclic) bond motifs is 13. The Morgan fingerprint density at radius 2 is 1.86 bits per heavy atom. The summed E-state index contributed by atoms with van der Waals surface area (Å²) < 4.78 is 42.2. The van der Waals surface area contributed by atoms with Crippen molar-refractivity contribution in [1.29, 1.82) is 0 Å². The molecular formula is C42H45N3O11S. The van der Waals surface area contributed by atoms with Crippen LogP contribution in [-0.4, -0.2) is 90.7 Å². The first-order valence-electron chi connectivity index (χ1n) is 19.2. The van der Waals surface area contributed by atoms with Gasteiger partial charge in [0.25, 0.3) is 0 Å². The summed E-state index contributed by atoms with van der Waals surface area (Å²) in [6, 6.07) is 5.02. The fourth-order valence-electron chi connectivity index (χ4n) is 11.1. The van der Waals surface area contributed by atoms with Gasteiger partial charge in [-0.15, -0.1) is 0 Å². The number of benzene rings is 3. The van der Waals surface area contributed by atoms with Crippen LogP contribution in [0.4, 0.5) is 0 Å². The van der Waals surface area contributed by atoms with Crippen molar-refractivity contribution in [2.45, 2.75) is 81.2 Å². The minimum atomic E-state index is -1.41. The molecule has 7 atom stereocenters. The standard InChI is InChI=1S/C42H45N3O11S/c1-18-12-24-27(33(47)34(18)51-6)31-32-39(57-7)29-28(38-36(53-17-54-38)19(2)35(29)55-20(3)46)25(45(32)42(49)15-41(24,4)44(31)16-42)14-52-40(48)30-37-22(10-11-43-30)23-13-21(50-5)8-9-26(23)56-37/h8-9,12-13,25,30-32,39,43,47,49H,10-11,14-17H2,1-7H3/t25-,30+,31+,32?,39+,41+,42?/m0/s1. The molecule has 300 valence electrons. The Morgan fingerprint density at radius 3 is 2.60 bits per heavy atom. The molecule has 14 nitrogen and oxygen atoms in total. The van der Waals surface area contributed by atoms with Gasteiger partial charge in [-0.3, -0.25) is 19.9 Å². The summed E-state index contributed by atoms with van der Waals surface area (Å²) >= 11 is 1.56. The number of nitrogens with zero attached hydrogens (tertiary/aromatic N) is 2. The molecule has 2 unspecified atom stereocenters. The Morgan fingerprint density at radius 1 is 1.07 bits per heavy atom. The van der Waals surface area contributed by atoms with Crippen molar-refractivity contribution in [3.05, 3.63) is 69.0 Å². The van der Waals surface area contributed by atoms with Gasteiger partial charge in [0.2, 0.25) is 6.79 Å². The summed E-state index contributed by atoms with van der Waals surface area (Å²) in [5.74, 6) is 1.85. The first kappa shape index (κ1) is 36.7. The number of ether oxygens (including phenoxy) is 6. The van der Waals surface area contributed by atoms with Crippen LogP contribution in [0, 0.1) is 13.8 Å². The number of phenolic OH excluding ortho intramolecular Hbond substituents is 1. The maximum absolute atomic E-state index is 14.4. The van der Waals surface area contributed by atoms with Crippen molar-refractivity contribution < 1.29 is 52.6 Å². The third-order valence-electron chi connectivity index (χ3n) is 13.2. The molecule has 2 bridgehead atoms. The second-order valence-corrected chi connectivity index (χ2v) is 17.1. The van der Waals surface area contributed by atoms with Crippen molar-refractivity contribution in [1.82, 2.24) is 15.1 Å². The molecule has 3 N–H and O–H groups in total. The molecule has 6 aliphatic heterocycles. The predicted molar refractivity (Wildman–Crippen MR) is 207 cm³/mol. The fourth-order valence-corrected chi connectivity index (χ4v) is 12.1. The summed E-state index contributed by atoms with van der Waals surface area (Å²) in [6.45, 7) is 7.76. The van der Waals surface area contributed by atoms with E-state index in [0.29, 0.717) is 76.2 Å². The lowest BCUT2D eigenvalue weighted by atomic mass is 9.75. The Balaban J connectivity index is 1.14. The number of aliphatic hydroxyl groups is 1. The number of aryl methyl sites for hydroxylation is 1. The fraction of sp³-hybridized carbons (Fsp3) is 0.476. The highest BCUT2D eigenvalue weighted by Crippen LogP contribution is 2.70. The predicted octanol–water partition coefficient (Wildman–Crippen LogP) is 5.36. The maximum Gasteiger partial charge on any atom is 0.331 e. The Kier molecular flexibility index (Phi) is 8.14. The van der Waals surface area contributed by atoms with E-state index in [2.05, 4.69) is 28.1 Å². The third-order valence-corrected chi connectivity index (χ3v) is 14.2. The van der Waals surface area contributed by atoms with Gasteiger partial charge in [-0.1, -0.05) is 0 Å². The van der Waals surface area contributed by atoms with Crippen LogP contribution in [0.3, 0.4) is 0 Å². The van der Waals surface area contributed by atoms with Crippen LogP contribution < -0.4 is 29.0 Å². The average molecular weight is 800 g/mol. The van der Waals surface area contributed by atoms with Crippen molar-refractivity contribution >= 4 is 34.7 Å². The van der Waals surface area contributed by atoms with Gasteiger partial charge in [0.05, 0.1) is 31.6 Å². The second kappa shape index (κ2) is 12.7. The highest BCUT2D eigenvalue weighted by atomic mass is 32.2. The summed E-state index contributed by atoms with van der Waals surface area (Å²) in [5, 5.41) is 28.9. The molecule has 15 heteroatoms. The van der Waals surface area contributed by atoms with Crippen LogP contribution in [0.1, 0.15) is 88.3 Å². The van der Waals surface area contributed by atoms with Gasteiger partial charge < -0.3 is 43.1 Å². The van der Waals surface area contributed by atoms with Crippen molar-refractivity contribution in [2.75, 3.05) is 47.0 Å². The summed E-state index contributed by atoms with van der Waals surface area (Å²) in [7, 11) is 3.16. The number of carbonyl (C=O) groups is 2. The van der Waals surface area contributed by atoms with Crippen molar-refractivity contribution in [3.63, 3.8) is 0 Å². The number of furan rings is 1. The normalized spacial score (nSPS) is 29.1. The number of esters is 2. The van der Waals surface area contributed by atoms with E-state index in [1.807, 2.05) is 38.3 Å². The van der Waals surface area contributed by atoms with E-state index in [1.54, 1.807) is 26.0 Å². The van der Waals surface area contributed by atoms with Crippen LogP contribution in [0.25, 0.3) is 11.0 Å². The van der Waals surface area contributed by atoms with E-state index in [4.69, 9.17) is 32.8 Å². The van der Waals surface area contributed by atoms with E-state index in [-0.39, 0.29) is 25.7 Å². The lowest BCUT2D eigenvalue weighted by molar-refractivity contribution is -0.194. The number of carbonyl (C=O) groups excluding carboxylic acids is 2. The van der Waals surface area contributed by atoms with Gasteiger partial charge in [-0.2, -0.15) is 11.8 Å². The summed E-state index contributed by atoms with van der Waals surface area (Å²) in [4.78, 5) is 31.6. The van der Waals surface area contributed by atoms with Crippen LogP contribution in [0.2, 0.25) is 0 Å². The Hall–Kier alpha value is -4.67. The van der Waals surface area contributed by atoms with Crippen molar-refractivity contribution in [3.8, 4) is 34.5 Å². The lowest BCUT2D eigenvalue weighted by Crippen LogP contribution is -2.66. The van der Waals surface area contributed by atoms with Gasteiger partial charge in [-0.05, 0) is 68.8 Å². The first-order chi connectivity index (χ1) is 27.3. The quantitative estimate of drug-likeness (QED) is 0.162. The second-order valence-electron chi connectivity index (χ2n) is 16.1. The molecule has 0 radical (unpaired) electrons. The van der Waals surface area contributed by atoms with Gasteiger partial charge >= 0.3 is 11.9 Å². The zero-order valence-electron chi connectivity index (χ0n) is 32.8. The molecule has 2 fully saturated rings. The number of thioether (sulfide) groups is 1. The van der Waals surface area contributed by atoms with E-state index in [9.17, 15) is 19.8 Å². The van der Waals surface area contributed by atoms with Gasteiger partial charge in [0.1, 0.15) is 35.2 Å². The molecule has 1 aromatic heterocycles. The largest absolute Gasteiger partial charge is 0.504 e. The topological polar surface area (TPSA) is 162 Å². The van der Waals surface area contributed by atoms with E-state index in [1.165, 1.54) is 6.92 Å². The summed E-state index contributed by atoms with van der Waals surface area (Å²) in [5.41, 5.74) is 3.92. The molecule has 0 amide bonds. The monoisotopic (exact) mass is 799 g/mol. The first-order valence-corrected chi connectivity index (χ1v) is 20.5. The number of hydrogen-bond donors (Lipinski definition) is 3. The number of methoxy groups -OCH3 is 2. The number of piperazine rings is 1. The molecule has 4 aromatic rings. The molecule has 0 saturated carbocycles. The van der Waals surface area contributed by atoms with Crippen LogP contribution in [-0.2, 0) is 26.3 Å². The Bertz CT molecular complexity index is 2420. The minimum absolute atomic E-state index is 0.0588. The number of rotatable bonds is 7. The number of aromatic hydroxyl groups is 1. The lowest BCUT2D eigenvalue weighted by Gasteiger charge is -2.58. The van der Waals surface area contributed by atoms with Gasteiger partial charge in [0, 0.05) is 71.2 Å². The summed E-state index contributed by atoms with van der Waals surface area (Å²) in [6.07, 6.45) is 2.95. The number of hydrogen-bond acceptors (Lipinski definition) is 15. The molecule has 2 saturated heterocycles. The zero-order valence-corrected chi connectivity index (χ0v) is 33.6. The minimum Gasteiger partial charge on any atom is -0.504 e. The van der Waals surface area contributed by atoms with Crippen LogP contribution >= 0.6 is 11.8 Å². The van der Waals surface area contributed by atoms with E-state index >= 15 is 0 Å². The van der Waals surface area contributed by atoms with E-state index in [0.717, 1.165) is 27.6 Å².